The minimum absolute atomic E-state index is 0.118. The molecule has 1 fully saturated rings. The first-order valence-electron chi connectivity index (χ1n) is 8.96. The highest BCUT2D eigenvalue weighted by molar-refractivity contribution is 6.32. The monoisotopic (exact) mass is 373 g/mol. The van der Waals surface area contributed by atoms with E-state index in [9.17, 15) is 4.79 Å². The van der Waals surface area contributed by atoms with Crippen molar-refractivity contribution in [1.82, 2.24) is 4.90 Å². The summed E-state index contributed by atoms with van der Waals surface area (Å²) < 4.78 is 11.2. The number of halogens is 1. The molecule has 0 atom stereocenters. The Morgan fingerprint density at radius 2 is 1.81 bits per heavy atom. The van der Waals surface area contributed by atoms with E-state index in [1.165, 1.54) is 4.90 Å². The zero-order valence-corrected chi connectivity index (χ0v) is 15.3. The molecule has 0 saturated carbocycles. The van der Waals surface area contributed by atoms with Crippen molar-refractivity contribution in [3.63, 3.8) is 0 Å². The van der Waals surface area contributed by atoms with Crippen LogP contribution < -0.4 is 14.4 Å². The Bertz CT molecular complexity index is 789. The van der Waals surface area contributed by atoms with E-state index in [0.717, 1.165) is 49.6 Å². The van der Waals surface area contributed by atoms with E-state index in [1.54, 1.807) is 0 Å². The molecule has 6 heteroatoms. The lowest BCUT2D eigenvalue weighted by Gasteiger charge is -2.32. The zero-order chi connectivity index (χ0) is 17.9. The number of amides is 1. The molecule has 1 N–H and O–H groups in total. The van der Waals surface area contributed by atoms with Crippen molar-refractivity contribution in [2.24, 2.45) is 0 Å². The van der Waals surface area contributed by atoms with Gasteiger partial charge in [0.2, 0.25) is 0 Å². The molecule has 0 spiro atoms. The molecule has 136 valence electrons. The van der Waals surface area contributed by atoms with E-state index in [4.69, 9.17) is 21.1 Å². The van der Waals surface area contributed by atoms with E-state index < -0.39 is 0 Å². The lowest BCUT2D eigenvalue weighted by molar-refractivity contribution is -0.917. The van der Waals surface area contributed by atoms with Gasteiger partial charge in [0, 0.05) is 11.1 Å². The smallest absolute Gasteiger partial charge is 0.254 e. The Hall–Kier alpha value is -2.24. The summed E-state index contributed by atoms with van der Waals surface area (Å²) in [6.45, 7) is 5.33. The molecule has 0 aromatic heterocycles. The number of nitrogens with zero attached hydrogens (tertiary/aromatic N) is 1. The van der Waals surface area contributed by atoms with E-state index >= 15 is 0 Å². The summed E-state index contributed by atoms with van der Waals surface area (Å²) in [6, 6.07) is 13.5. The zero-order valence-electron chi connectivity index (χ0n) is 14.5. The summed E-state index contributed by atoms with van der Waals surface area (Å²) in [6.07, 6.45) is 0. The molecule has 26 heavy (non-hydrogen) atoms. The first kappa shape index (κ1) is 17.2. The molecule has 1 amide bonds. The molecule has 2 aliphatic rings. The fourth-order valence-electron chi connectivity index (χ4n) is 3.52. The average Bonchev–Trinajstić information content (AvgIpc) is 2.69. The largest absolute Gasteiger partial charge is 0.486 e. The molecule has 0 radical (unpaired) electrons. The Morgan fingerprint density at radius 1 is 1.08 bits per heavy atom. The summed E-state index contributed by atoms with van der Waals surface area (Å²) >= 11 is 6.33. The van der Waals surface area contributed by atoms with Crippen LogP contribution in [0.5, 0.6) is 11.5 Å². The summed E-state index contributed by atoms with van der Waals surface area (Å²) in [5.41, 5.74) is 1.90. The van der Waals surface area contributed by atoms with Crippen molar-refractivity contribution < 1.29 is 19.2 Å². The van der Waals surface area contributed by atoms with Crippen LogP contribution in [0.15, 0.2) is 42.5 Å². The van der Waals surface area contributed by atoms with Gasteiger partial charge in [-0.25, -0.2) is 0 Å². The third kappa shape index (κ3) is 3.64. The van der Waals surface area contributed by atoms with Gasteiger partial charge in [0.15, 0.2) is 11.5 Å². The van der Waals surface area contributed by atoms with E-state index in [2.05, 4.69) is 0 Å². The van der Waals surface area contributed by atoms with Crippen molar-refractivity contribution in [2.45, 2.75) is 6.54 Å². The van der Waals surface area contributed by atoms with Crippen LogP contribution in [0.4, 0.5) is 0 Å². The van der Waals surface area contributed by atoms with Crippen LogP contribution in [0.2, 0.25) is 5.02 Å². The fraction of sp³-hybridized carbons (Fsp3) is 0.350. The van der Waals surface area contributed by atoms with Gasteiger partial charge in [-0.05, 0) is 24.3 Å². The molecule has 2 heterocycles. The van der Waals surface area contributed by atoms with Gasteiger partial charge in [-0.1, -0.05) is 29.8 Å². The third-order valence-electron chi connectivity index (χ3n) is 4.89. The van der Waals surface area contributed by atoms with E-state index in [0.29, 0.717) is 24.0 Å². The van der Waals surface area contributed by atoms with Crippen molar-refractivity contribution >= 4 is 17.5 Å². The first-order chi connectivity index (χ1) is 12.7. The second-order valence-corrected chi connectivity index (χ2v) is 7.09. The number of hydrogen-bond acceptors (Lipinski definition) is 3. The Kier molecular flexibility index (Phi) is 5.00. The van der Waals surface area contributed by atoms with Crippen molar-refractivity contribution in [3.8, 4) is 11.5 Å². The number of piperazine rings is 1. The second kappa shape index (κ2) is 7.56. The third-order valence-corrected chi connectivity index (χ3v) is 5.17. The summed E-state index contributed by atoms with van der Waals surface area (Å²) in [5.74, 6) is 1.50. The van der Waals surface area contributed by atoms with Gasteiger partial charge in [-0.3, -0.25) is 4.79 Å². The van der Waals surface area contributed by atoms with Gasteiger partial charge in [-0.15, -0.1) is 0 Å². The van der Waals surface area contributed by atoms with Gasteiger partial charge in [0.1, 0.15) is 19.8 Å². The van der Waals surface area contributed by atoms with Crippen molar-refractivity contribution in [1.29, 1.82) is 0 Å². The number of quaternary nitrogens is 1. The molecular formula is C20H22ClN2O3+. The topological polar surface area (TPSA) is 43.2 Å². The number of benzene rings is 2. The fourth-order valence-corrected chi connectivity index (χ4v) is 3.81. The van der Waals surface area contributed by atoms with Gasteiger partial charge in [0.05, 0.1) is 31.2 Å². The minimum atomic E-state index is 0.118. The molecule has 5 nitrogen and oxygen atoms in total. The predicted octanol–water partition coefficient (Wildman–Crippen LogP) is 1.65. The van der Waals surface area contributed by atoms with Gasteiger partial charge in [0.25, 0.3) is 5.91 Å². The molecule has 0 bridgehead atoms. The van der Waals surface area contributed by atoms with E-state index in [-0.39, 0.29) is 5.91 Å². The first-order valence-corrected chi connectivity index (χ1v) is 9.34. The Labute approximate surface area is 158 Å². The lowest BCUT2D eigenvalue weighted by atomic mass is 10.1. The normalized spacial score (nSPS) is 17.2. The Balaban J connectivity index is 1.37. The number of hydrogen-bond donors (Lipinski definition) is 1. The summed E-state index contributed by atoms with van der Waals surface area (Å²) in [4.78, 5) is 15.9. The van der Waals surface area contributed by atoms with Gasteiger partial charge < -0.3 is 19.3 Å². The molecule has 4 rings (SSSR count). The lowest BCUT2D eigenvalue weighted by Crippen LogP contribution is -3.13. The standard InChI is InChI=1S/C20H21ClN2O3/c21-17-12-15(13-18-19(17)26-11-10-25-18)14-22-6-8-23(9-7-22)20(24)16-4-2-1-3-5-16/h1-5,12-13H,6-11,14H2/p+1. The molecule has 2 aromatic rings. The van der Waals surface area contributed by atoms with E-state index in [1.807, 2.05) is 47.4 Å². The molecule has 0 aliphatic carbocycles. The number of carbonyl (C=O) groups is 1. The minimum Gasteiger partial charge on any atom is -0.486 e. The number of rotatable bonds is 3. The maximum Gasteiger partial charge on any atom is 0.254 e. The molecule has 2 aromatic carbocycles. The van der Waals surface area contributed by atoms with Crippen LogP contribution in [0.1, 0.15) is 15.9 Å². The number of ether oxygens (including phenoxy) is 2. The Morgan fingerprint density at radius 3 is 2.58 bits per heavy atom. The molecule has 0 unspecified atom stereocenters. The van der Waals surface area contributed by atoms with Crippen molar-refractivity contribution in [3.05, 3.63) is 58.6 Å². The number of nitrogens with one attached hydrogen (secondary N) is 1. The second-order valence-electron chi connectivity index (χ2n) is 6.69. The summed E-state index contributed by atoms with van der Waals surface area (Å²) in [7, 11) is 0. The van der Waals surface area contributed by atoms with Crippen LogP contribution in [-0.4, -0.2) is 50.2 Å². The highest BCUT2D eigenvalue weighted by Crippen LogP contribution is 2.38. The SMILES string of the molecule is O=C(c1ccccc1)N1CC[NH+](Cc2cc(Cl)c3c(c2)OCCO3)CC1. The van der Waals surface area contributed by atoms with Crippen LogP contribution in [0.3, 0.4) is 0 Å². The number of carbonyl (C=O) groups excluding carboxylic acids is 1. The highest BCUT2D eigenvalue weighted by atomic mass is 35.5. The van der Waals surface area contributed by atoms with Gasteiger partial charge in [-0.2, -0.15) is 0 Å². The molecule has 1 saturated heterocycles. The predicted molar refractivity (Wildman–Crippen MR) is 99.2 cm³/mol. The van der Waals surface area contributed by atoms with Gasteiger partial charge >= 0.3 is 0 Å². The average molecular weight is 374 g/mol. The maximum atomic E-state index is 12.5. The number of fused-ring (bicyclic) bond motifs is 1. The highest BCUT2D eigenvalue weighted by Gasteiger charge is 2.25. The van der Waals surface area contributed by atoms with Crippen LogP contribution in [0.25, 0.3) is 0 Å². The van der Waals surface area contributed by atoms with Crippen molar-refractivity contribution in [2.75, 3.05) is 39.4 Å². The van der Waals surface area contributed by atoms with Crippen LogP contribution in [0, 0.1) is 0 Å². The maximum absolute atomic E-state index is 12.5. The molecular weight excluding hydrogens is 352 g/mol. The van der Waals surface area contributed by atoms with Crippen LogP contribution >= 0.6 is 11.6 Å². The molecule has 2 aliphatic heterocycles. The van der Waals surface area contributed by atoms with Crippen LogP contribution in [-0.2, 0) is 6.54 Å². The quantitative estimate of drug-likeness (QED) is 0.889. The summed E-state index contributed by atoms with van der Waals surface area (Å²) in [5, 5.41) is 0.606.